The van der Waals surface area contributed by atoms with Gasteiger partial charge in [0.15, 0.2) is 0 Å². The lowest BCUT2D eigenvalue weighted by atomic mass is 9.91. The van der Waals surface area contributed by atoms with Crippen LogP contribution in [0.2, 0.25) is 0 Å². The van der Waals surface area contributed by atoms with Crippen molar-refractivity contribution in [1.82, 2.24) is 15.3 Å². The first-order valence-corrected chi connectivity index (χ1v) is 9.06. The van der Waals surface area contributed by atoms with Gasteiger partial charge in [-0.05, 0) is 58.6 Å². The summed E-state index contributed by atoms with van der Waals surface area (Å²) in [5.74, 6) is 0. The van der Waals surface area contributed by atoms with Crippen molar-refractivity contribution < 1.29 is 9.53 Å². The molecule has 1 amide bonds. The number of benzene rings is 1. The number of alkyl carbamates (subject to hydrolysis) is 1. The summed E-state index contributed by atoms with van der Waals surface area (Å²) in [7, 11) is 0. The van der Waals surface area contributed by atoms with Crippen molar-refractivity contribution in [1.29, 1.82) is 0 Å². The highest BCUT2D eigenvalue weighted by molar-refractivity contribution is 5.90. The van der Waals surface area contributed by atoms with Crippen LogP contribution in [0, 0.1) is 0 Å². The van der Waals surface area contributed by atoms with Crippen molar-refractivity contribution in [3.8, 4) is 0 Å². The number of carbonyl (C=O) groups is 1. The van der Waals surface area contributed by atoms with Crippen molar-refractivity contribution in [2.45, 2.75) is 64.1 Å². The maximum absolute atomic E-state index is 11.9. The molecule has 7 heteroatoms. The summed E-state index contributed by atoms with van der Waals surface area (Å²) in [5, 5.41) is 6.52. The topological polar surface area (TPSA) is 102 Å². The van der Waals surface area contributed by atoms with E-state index in [0.717, 1.165) is 42.4 Å². The third kappa shape index (κ3) is 4.74. The molecule has 2 aromatic rings. The number of amides is 1. The van der Waals surface area contributed by atoms with E-state index in [1.165, 1.54) is 0 Å². The maximum Gasteiger partial charge on any atom is 0.407 e. The summed E-state index contributed by atoms with van der Waals surface area (Å²) in [4.78, 5) is 20.7. The number of nitrogens with one attached hydrogen (secondary N) is 2. The van der Waals surface area contributed by atoms with Crippen LogP contribution in [0.25, 0.3) is 11.0 Å². The van der Waals surface area contributed by atoms with Gasteiger partial charge in [0.2, 0.25) is 0 Å². The number of anilines is 2. The van der Waals surface area contributed by atoms with Gasteiger partial charge in [-0.25, -0.2) is 4.79 Å². The number of aromatic nitrogens is 2. The monoisotopic (exact) mass is 357 g/mol. The second-order valence-corrected chi connectivity index (χ2v) is 7.83. The Kier molecular flexibility index (Phi) is 5.15. The maximum atomic E-state index is 11.9. The van der Waals surface area contributed by atoms with Gasteiger partial charge < -0.3 is 21.1 Å². The third-order valence-corrected chi connectivity index (χ3v) is 4.40. The Balaban J connectivity index is 1.57. The van der Waals surface area contributed by atoms with E-state index in [1.54, 1.807) is 12.4 Å². The van der Waals surface area contributed by atoms with E-state index in [2.05, 4.69) is 20.6 Å². The van der Waals surface area contributed by atoms with Crippen LogP contribution in [0.15, 0.2) is 24.5 Å². The van der Waals surface area contributed by atoms with E-state index in [9.17, 15) is 4.79 Å². The highest BCUT2D eigenvalue weighted by atomic mass is 16.6. The Morgan fingerprint density at radius 3 is 2.46 bits per heavy atom. The van der Waals surface area contributed by atoms with Crippen LogP contribution < -0.4 is 16.4 Å². The quantitative estimate of drug-likeness (QED) is 0.727. The molecular formula is C19H27N5O2. The van der Waals surface area contributed by atoms with Crippen molar-refractivity contribution in [2.75, 3.05) is 11.1 Å². The Morgan fingerprint density at radius 2 is 1.77 bits per heavy atom. The van der Waals surface area contributed by atoms with Gasteiger partial charge in [0.05, 0.1) is 11.2 Å². The fourth-order valence-electron chi connectivity index (χ4n) is 3.28. The zero-order valence-corrected chi connectivity index (χ0v) is 15.6. The van der Waals surface area contributed by atoms with Gasteiger partial charge in [0, 0.05) is 30.2 Å². The van der Waals surface area contributed by atoms with Crippen LogP contribution in [0.1, 0.15) is 46.5 Å². The first-order chi connectivity index (χ1) is 12.3. The van der Waals surface area contributed by atoms with Gasteiger partial charge in [-0.1, -0.05) is 0 Å². The van der Waals surface area contributed by atoms with Crippen molar-refractivity contribution in [3.63, 3.8) is 0 Å². The van der Waals surface area contributed by atoms with E-state index in [-0.39, 0.29) is 12.1 Å². The minimum atomic E-state index is -0.474. The van der Waals surface area contributed by atoms with Crippen LogP contribution >= 0.6 is 0 Å². The van der Waals surface area contributed by atoms with Crippen molar-refractivity contribution in [2.24, 2.45) is 0 Å². The van der Waals surface area contributed by atoms with Crippen LogP contribution in [-0.2, 0) is 4.74 Å². The number of nitrogens with zero attached hydrogens (tertiary/aromatic N) is 2. The van der Waals surface area contributed by atoms with Gasteiger partial charge in [-0.15, -0.1) is 0 Å². The summed E-state index contributed by atoms with van der Waals surface area (Å²) >= 11 is 0. The molecule has 1 aliphatic rings. The molecular weight excluding hydrogens is 330 g/mol. The number of nitrogens with two attached hydrogens (primary N) is 1. The van der Waals surface area contributed by atoms with Crippen LogP contribution in [-0.4, -0.2) is 33.7 Å². The summed E-state index contributed by atoms with van der Waals surface area (Å²) in [6, 6.07) is 4.20. The molecule has 1 fully saturated rings. The lowest BCUT2D eigenvalue weighted by Gasteiger charge is -2.31. The Morgan fingerprint density at radius 1 is 1.12 bits per heavy atom. The number of rotatable bonds is 3. The number of hydrogen-bond acceptors (Lipinski definition) is 6. The minimum Gasteiger partial charge on any atom is -0.444 e. The normalized spacial score (nSPS) is 20.6. The standard InChI is InChI=1S/C19H27N5O2/c1-19(2,3)26-18(25)24-14-6-4-13(5-7-14)23-16-11-12(20)10-15-17(16)22-9-8-21-15/h8-11,13-14,23H,4-7,20H2,1-3H3,(H,24,25). The molecule has 0 spiro atoms. The molecule has 26 heavy (non-hydrogen) atoms. The van der Waals surface area contributed by atoms with Crippen LogP contribution in [0.5, 0.6) is 0 Å². The van der Waals surface area contributed by atoms with E-state index >= 15 is 0 Å². The zero-order valence-electron chi connectivity index (χ0n) is 15.6. The van der Waals surface area contributed by atoms with E-state index in [1.807, 2.05) is 32.9 Å². The molecule has 4 N–H and O–H groups in total. The SMILES string of the molecule is CC(C)(C)OC(=O)NC1CCC(Nc2cc(N)cc3nccnc23)CC1. The molecule has 0 unspecified atom stereocenters. The van der Waals surface area contributed by atoms with E-state index in [4.69, 9.17) is 10.5 Å². The fourth-order valence-corrected chi connectivity index (χ4v) is 3.28. The van der Waals surface area contributed by atoms with Gasteiger partial charge in [0.1, 0.15) is 11.1 Å². The number of carbonyl (C=O) groups excluding carboxylic acids is 1. The Bertz CT molecular complexity index is 779. The average Bonchev–Trinajstić information content (AvgIpc) is 2.55. The molecule has 1 heterocycles. The van der Waals surface area contributed by atoms with Gasteiger partial charge in [-0.2, -0.15) is 0 Å². The summed E-state index contributed by atoms with van der Waals surface area (Å²) in [6.07, 6.45) is 6.73. The minimum absolute atomic E-state index is 0.153. The van der Waals surface area contributed by atoms with Gasteiger partial charge in [0.25, 0.3) is 0 Å². The number of fused-ring (bicyclic) bond motifs is 1. The second kappa shape index (κ2) is 7.35. The summed E-state index contributed by atoms with van der Waals surface area (Å²) in [6.45, 7) is 5.60. The summed E-state index contributed by atoms with van der Waals surface area (Å²) in [5.41, 5.74) is 8.71. The lowest BCUT2D eigenvalue weighted by Crippen LogP contribution is -2.42. The van der Waals surface area contributed by atoms with Crippen LogP contribution in [0.4, 0.5) is 16.2 Å². The molecule has 3 rings (SSSR count). The molecule has 0 atom stereocenters. The molecule has 7 nitrogen and oxygen atoms in total. The molecule has 1 aromatic carbocycles. The first kappa shape index (κ1) is 18.2. The van der Waals surface area contributed by atoms with Crippen LogP contribution in [0.3, 0.4) is 0 Å². The third-order valence-electron chi connectivity index (χ3n) is 4.40. The van der Waals surface area contributed by atoms with Crippen molar-refractivity contribution in [3.05, 3.63) is 24.5 Å². The molecule has 0 radical (unpaired) electrons. The molecule has 0 aliphatic heterocycles. The molecule has 1 aliphatic carbocycles. The van der Waals surface area contributed by atoms with Gasteiger partial charge in [-0.3, -0.25) is 9.97 Å². The lowest BCUT2D eigenvalue weighted by molar-refractivity contribution is 0.0492. The largest absolute Gasteiger partial charge is 0.444 e. The zero-order chi connectivity index (χ0) is 18.7. The fraction of sp³-hybridized carbons (Fsp3) is 0.526. The molecule has 140 valence electrons. The highest BCUT2D eigenvalue weighted by Crippen LogP contribution is 2.28. The van der Waals surface area contributed by atoms with E-state index < -0.39 is 5.60 Å². The molecule has 1 saturated carbocycles. The van der Waals surface area contributed by atoms with Gasteiger partial charge >= 0.3 is 6.09 Å². The number of ether oxygens (including phenoxy) is 1. The second-order valence-electron chi connectivity index (χ2n) is 7.83. The van der Waals surface area contributed by atoms with E-state index in [0.29, 0.717) is 11.7 Å². The number of nitrogen functional groups attached to an aromatic ring is 1. The molecule has 1 aromatic heterocycles. The number of hydrogen-bond donors (Lipinski definition) is 3. The average molecular weight is 357 g/mol. The summed E-state index contributed by atoms with van der Waals surface area (Å²) < 4.78 is 5.33. The predicted molar refractivity (Wildman–Crippen MR) is 103 cm³/mol. The predicted octanol–water partition coefficient (Wildman–Crippen LogP) is 3.46. The smallest absolute Gasteiger partial charge is 0.407 e. The van der Waals surface area contributed by atoms with Crippen molar-refractivity contribution >= 4 is 28.5 Å². The molecule has 0 saturated heterocycles. The first-order valence-electron chi connectivity index (χ1n) is 9.06. The Labute approximate surface area is 153 Å². The Hall–Kier alpha value is -2.57. The molecule has 0 bridgehead atoms. The highest BCUT2D eigenvalue weighted by Gasteiger charge is 2.25.